The third kappa shape index (κ3) is 4.98. The van der Waals surface area contributed by atoms with Crippen molar-refractivity contribution in [2.75, 3.05) is 7.11 Å². The van der Waals surface area contributed by atoms with Crippen molar-refractivity contribution >= 4 is 15.9 Å². The molecule has 2 heterocycles. The number of nitrogens with zero attached hydrogens (tertiary/aromatic N) is 6. The van der Waals surface area contributed by atoms with Crippen LogP contribution in [-0.2, 0) is 0 Å². The van der Waals surface area contributed by atoms with Crippen LogP contribution in [0.5, 0.6) is 5.75 Å². The SMILES string of the molecule is Brc1cccc(-c2nn[nH]n2)c1.COc1ccccc1-c1cccc(-c2nn[nH]n2)c1. The van der Waals surface area contributed by atoms with Crippen LogP contribution >= 0.6 is 15.9 Å². The van der Waals surface area contributed by atoms with Gasteiger partial charge in [0.1, 0.15) is 5.75 Å². The minimum Gasteiger partial charge on any atom is -0.496 e. The molecule has 154 valence electrons. The van der Waals surface area contributed by atoms with Crippen LogP contribution in [0.4, 0.5) is 0 Å². The molecule has 2 N–H and O–H groups in total. The third-order valence-corrected chi connectivity index (χ3v) is 4.81. The molecule has 10 heteroatoms. The molecule has 0 fully saturated rings. The summed E-state index contributed by atoms with van der Waals surface area (Å²) in [5.41, 5.74) is 3.95. The highest BCUT2D eigenvalue weighted by Crippen LogP contribution is 2.31. The number of H-pyrrole nitrogens is 2. The summed E-state index contributed by atoms with van der Waals surface area (Å²) in [6.45, 7) is 0. The van der Waals surface area contributed by atoms with Crippen LogP contribution in [0, 0.1) is 0 Å². The summed E-state index contributed by atoms with van der Waals surface area (Å²) in [5, 5.41) is 27.6. The Kier molecular flexibility index (Phi) is 6.38. The Hall–Kier alpha value is -3.92. The molecule has 0 aliphatic carbocycles. The Labute approximate surface area is 186 Å². The van der Waals surface area contributed by atoms with Gasteiger partial charge in [-0.05, 0) is 40.3 Å². The van der Waals surface area contributed by atoms with Gasteiger partial charge in [-0.2, -0.15) is 10.4 Å². The first-order valence-electron chi connectivity index (χ1n) is 9.21. The van der Waals surface area contributed by atoms with Crippen molar-refractivity contribution < 1.29 is 4.74 Å². The van der Waals surface area contributed by atoms with E-state index in [1.165, 1.54) is 0 Å². The number of hydrogen-bond acceptors (Lipinski definition) is 7. The monoisotopic (exact) mass is 476 g/mol. The van der Waals surface area contributed by atoms with Crippen LogP contribution in [0.3, 0.4) is 0 Å². The Morgan fingerprint density at radius 3 is 1.94 bits per heavy atom. The van der Waals surface area contributed by atoms with Gasteiger partial charge in [-0.3, -0.25) is 0 Å². The number of para-hydroxylation sites is 1. The molecule has 0 saturated carbocycles. The minimum absolute atomic E-state index is 0.580. The van der Waals surface area contributed by atoms with Gasteiger partial charge in [0.05, 0.1) is 7.11 Å². The van der Waals surface area contributed by atoms with E-state index in [4.69, 9.17) is 4.74 Å². The molecule has 5 rings (SSSR count). The number of aromatic amines is 2. The van der Waals surface area contributed by atoms with E-state index in [9.17, 15) is 0 Å². The molecule has 0 unspecified atom stereocenters. The fourth-order valence-corrected chi connectivity index (χ4v) is 3.30. The van der Waals surface area contributed by atoms with Gasteiger partial charge in [0.2, 0.25) is 11.6 Å². The summed E-state index contributed by atoms with van der Waals surface area (Å²) >= 11 is 3.36. The lowest BCUT2D eigenvalue weighted by atomic mass is 10.0. The maximum absolute atomic E-state index is 5.38. The van der Waals surface area contributed by atoms with Gasteiger partial charge in [0.15, 0.2) is 0 Å². The number of methoxy groups -OCH3 is 1. The van der Waals surface area contributed by atoms with E-state index >= 15 is 0 Å². The van der Waals surface area contributed by atoms with Crippen molar-refractivity contribution in [3.63, 3.8) is 0 Å². The highest BCUT2D eigenvalue weighted by atomic mass is 79.9. The second kappa shape index (κ2) is 9.72. The first-order chi connectivity index (χ1) is 15.2. The molecule has 31 heavy (non-hydrogen) atoms. The standard InChI is InChI=1S/C14H12N4O.C7H5BrN4/c1-19-13-8-3-2-7-12(13)10-5-4-6-11(9-10)14-15-17-18-16-14;8-6-3-1-2-5(4-6)7-9-11-12-10-7/h2-9H,1H3,(H,15,16,17,18);1-4H,(H,9,10,11,12). The number of nitrogens with one attached hydrogen (secondary N) is 2. The quantitative estimate of drug-likeness (QED) is 0.399. The van der Waals surface area contributed by atoms with Crippen molar-refractivity contribution in [3.8, 4) is 39.7 Å². The van der Waals surface area contributed by atoms with Crippen molar-refractivity contribution in [1.82, 2.24) is 41.2 Å². The Morgan fingerprint density at radius 2 is 1.32 bits per heavy atom. The van der Waals surface area contributed by atoms with E-state index in [1.807, 2.05) is 72.8 Å². The van der Waals surface area contributed by atoms with Gasteiger partial charge < -0.3 is 4.74 Å². The third-order valence-electron chi connectivity index (χ3n) is 4.31. The molecule has 5 aromatic rings. The Morgan fingerprint density at radius 1 is 0.710 bits per heavy atom. The first-order valence-corrected chi connectivity index (χ1v) is 10.0. The normalized spacial score (nSPS) is 10.3. The molecule has 0 bridgehead atoms. The fraction of sp³-hybridized carbons (Fsp3) is 0.0476. The Bertz CT molecular complexity index is 1240. The van der Waals surface area contributed by atoms with Gasteiger partial charge in [0.25, 0.3) is 0 Å². The molecule has 0 aliphatic heterocycles. The van der Waals surface area contributed by atoms with Crippen LogP contribution in [0.15, 0.2) is 77.3 Å². The molecule has 0 atom stereocenters. The first kappa shape index (κ1) is 20.4. The highest BCUT2D eigenvalue weighted by Gasteiger charge is 2.08. The minimum atomic E-state index is 0.580. The zero-order valence-electron chi connectivity index (χ0n) is 16.4. The van der Waals surface area contributed by atoms with Crippen LogP contribution in [-0.4, -0.2) is 48.4 Å². The highest BCUT2D eigenvalue weighted by molar-refractivity contribution is 9.10. The molecule has 0 amide bonds. The summed E-state index contributed by atoms with van der Waals surface area (Å²) in [7, 11) is 1.67. The van der Waals surface area contributed by atoms with Gasteiger partial charge in [-0.25, -0.2) is 0 Å². The Balaban J connectivity index is 0.000000166. The summed E-state index contributed by atoms with van der Waals surface area (Å²) in [6.07, 6.45) is 0. The topological polar surface area (TPSA) is 118 Å². The van der Waals surface area contributed by atoms with Crippen molar-refractivity contribution in [2.24, 2.45) is 0 Å². The second-order valence-electron chi connectivity index (χ2n) is 6.26. The van der Waals surface area contributed by atoms with Crippen LogP contribution in [0.2, 0.25) is 0 Å². The van der Waals surface area contributed by atoms with Crippen molar-refractivity contribution in [2.45, 2.75) is 0 Å². The largest absolute Gasteiger partial charge is 0.496 e. The molecule has 0 spiro atoms. The number of halogens is 1. The number of hydrogen-bond donors (Lipinski definition) is 2. The lowest BCUT2D eigenvalue weighted by Gasteiger charge is -2.08. The number of tetrazole rings is 2. The van der Waals surface area contributed by atoms with Gasteiger partial charge >= 0.3 is 0 Å². The molecule has 3 aromatic carbocycles. The fourth-order valence-electron chi connectivity index (χ4n) is 2.90. The molecular weight excluding hydrogens is 460 g/mol. The lowest BCUT2D eigenvalue weighted by Crippen LogP contribution is -1.88. The van der Waals surface area contributed by atoms with Crippen LogP contribution < -0.4 is 4.74 Å². The number of rotatable bonds is 4. The van der Waals surface area contributed by atoms with E-state index in [1.54, 1.807) is 7.11 Å². The zero-order chi connectivity index (χ0) is 21.5. The molecule has 2 aromatic heterocycles. The predicted octanol–water partition coefficient (Wildman–Crippen LogP) is 4.17. The van der Waals surface area contributed by atoms with Gasteiger partial charge in [0, 0.05) is 21.2 Å². The smallest absolute Gasteiger partial charge is 0.204 e. The summed E-state index contributed by atoms with van der Waals surface area (Å²) < 4.78 is 6.38. The van der Waals surface area contributed by atoms with E-state index in [0.29, 0.717) is 11.6 Å². The van der Waals surface area contributed by atoms with E-state index < -0.39 is 0 Å². The van der Waals surface area contributed by atoms with Gasteiger partial charge in [-0.15, -0.1) is 20.4 Å². The molecule has 0 radical (unpaired) electrons. The number of benzene rings is 3. The van der Waals surface area contributed by atoms with Crippen LogP contribution in [0.25, 0.3) is 33.9 Å². The van der Waals surface area contributed by atoms with Crippen LogP contribution in [0.1, 0.15) is 0 Å². The lowest BCUT2D eigenvalue weighted by molar-refractivity contribution is 0.416. The van der Waals surface area contributed by atoms with E-state index in [2.05, 4.69) is 57.2 Å². The van der Waals surface area contributed by atoms with E-state index in [0.717, 1.165) is 32.5 Å². The van der Waals surface area contributed by atoms with E-state index in [-0.39, 0.29) is 0 Å². The van der Waals surface area contributed by atoms with Crippen molar-refractivity contribution in [3.05, 3.63) is 77.3 Å². The average molecular weight is 477 g/mol. The molecular formula is C21H17BrN8O. The summed E-state index contributed by atoms with van der Waals surface area (Å²) in [6, 6.07) is 23.6. The second-order valence-corrected chi connectivity index (χ2v) is 7.18. The maximum atomic E-state index is 5.38. The summed E-state index contributed by atoms with van der Waals surface area (Å²) in [5.74, 6) is 2.03. The number of aromatic nitrogens is 8. The van der Waals surface area contributed by atoms with Gasteiger partial charge in [-0.1, -0.05) is 64.5 Å². The molecule has 0 aliphatic rings. The summed E-state index contributed by atoms with van der Waals surface area (Å²) in [4.78, 5) is 0. The van der Waals surface area contributed by atoms with Crippen molar-refractivity contribution in [1.29, 1.82) is 0 Å². The number of ether oxygens (including phenoxy) is 1. The predicted molar refractivity (Wildman–Crippen MR) is 119 cm³/mol. The molecule has 0 saturated heterocycles. The maximum Gasteiger partial charge on any atom is 0.204 e. The molecule has 9 nitrogen and oxygen atoms in total. The average Bonchev–Trinajstić information content (AvgIpc) is 3.54. The zero-order valence-corrected chi connectivity index (χ0v) is 18.0.